The number of aromatic nitrogens is 2. The number of hydrogen-bond donors (Lipinski definition) is 3. The lowest BCUT2D eigenvalue weighted by atomic mass is 10.3. The second-order valence-corrected chi connectivity index (χ2v) is 6.55. The molecule has 160 valence electrons. The highest BCUT2D eigenvalue weighted by atomic mass is 79.9. The summed E-state index contributed by atoms with van der Waals surface area (Å²) in [6.45, 7) is -0.582. The Balaban J connectivity index is 1.73. The molecule has 0 radical (unpaired) electrons. The average Bonchev–Trinajstić information content (AvgIpc) is 3.21. The Labute approximate surface area is 180 Å². The van der Waals surface area contributed by atoms with Crippen LogP contribution in [-0.4, -0.2) is 38.8 Å². The van der Waals surface area contributed by atoms with Gasteiger partial charge in [0.1, 0.15) is 5.82 Å². The molecule has 0 unspecified atom stereocenters. The molecule has 3 rings (SSSR count). The quantitative estimate of drug-likeness (QED) is 0.193. The number of hydroxylamine groups is 1. The molecule has 12 nitrogen and oxygen atoms in total. The number of para-hydroxylation sites is 2. The Morgan fingerprint density at radius 1 is 1.32 bits per heavy atom. The minimum Gasteiger partial charge on any atom is -0.477 e. The fraction of sp³-hybridized carbons (Fsp3) is 0.0588. The summed E-state index contributed by atoms with van der Waals surface area (Å²) in [5.74, 6) is -1.81. The maximum atomic E-state index is 13.4. The summed E-state index contributed by atoms with van der Waals surface area (Å²) in [5, 5.41) is 29.8. The topological polar surface area (TPSA) is 165 Å². The van der Waals surface area contributed by atoms with Crippen LogP contribution in [-0.2, 0) is 4.79 Å². The van der Waals surface area contributed by atoms with E-state index in [1.807, 2.05) is 0 Å². The van der Waals surface area contributed by atoms with Crippen LogP contribution in [0.15, 0.2) is 56.6 Å². The van der Waals surface area contributed by atoms with Gasteiger partial charge in [0.05, 0.1) is 15.1 Å². The fourth-order valence-electron chi connectivity index (χ4n) is 2.28. The van der Waals surface area contributed by atoms with E-state index in [4.69, 9.17) is 4.74 Å². The Hall–Kier alpha value is -3.91. The molecule has 31 heavy (non-hydrogen) atoms. The second kappa shape index (κ2) is 9.73. The number of nitro benzene ring substituents is 1. The number of amides is 1. The maximum absolute atomic E-state index is 13.4. The number of benzene rings is 2. The van der Waals surface area contributed by atoms with E-state index in [2.05, 4.69) is 41.2 Å². The summed E-state index contributed by atoms with van der Waals surface area (Å²) in [7, 11) is 0. The number of carbonyl (C=O) groups excluding carboxylic acids is 1. The van der Waals surface area contributed by atoms with Crippen LogP contribution < -0.4 is 15.5 Å². The number of aliphatic imine (C=N–C) groups is 1. The number of nitrogens with one attached hydrogen (secondary N) is 2. The molecule has 0 saturated heterocycles. The highest BCUT2D eigenvalue weighted by Crippen LogP contribution is 2.26. The molecule has 3 aromatic rings. The number of rotatable bonds is 7. The molecule has 0 aliphatic carbocycles. The molecule has 1 heterocycles. The van der Waals surface area contributed by atoms with Crippen molar-refractivity contribution in [1.29, 1.82) is 0 Å². The van der Waals surface area contributed by atoms with Gasteiger partial charge in [-0.05, 0) is 50.5 Å². The average molecular weight is 495 g/mol. The monoisotopic (exact) mass is 494 g/mol. The number of carbonyl (C=O) groups is 1. The van der Waals surface area contributed by atoms with Crippen LogP contribution in [0, 0.1) is 15.9 Å². The molecule has 0 bridgehead atoms. The van der Waals surface area contributed by atoms with Gasteiger partial charge in [0.15, 0.2) is 23.9 Å². The SMILES string of the molecule is O=C(COc1ccccc1[N+](=O)[O-])Nc1nonc1C(=Nc1ccc(F)c(Br)c1)NO. The highest BCUT2D eigenvalue weighted by molar-refractivity contribution is 9.10. The van der Waals surface area contributed by atoms with Crippen LogP contribution in [0.2, 0.25) is 0 Å². The van der Waals surface area contributed by atoms with Crippen LogP contribution in [0.1, 0.15) is 5.69 Å². The summed E-state index contributed by atoms with van der Waals surface area (Å²) < 4.78 is 23.3. The van der Waals surface area contributed by atoms with Gasteiger partial charge < -0.3 is 10.1 Å². The molecule has 0 fully saturated rings. The zero-order valence-corrected chi connectivity index (χ0v) is 16.9. The van der Waals surface area contributed by atoms with E-state index < -0.39 is 23.3 Å². The fourth-order valence-corrected chi connectivity index (χ4v) is 2.65. The number of ether oxygens (including phenoxy) is 1. The van der Waals surface area contributed by atoms with Crippen molar-refractivity contribution in [3.8, 4) is 5.75 Å². The predicted molar refractivity (Wildman–Crippen MR) is 107 cm³/mol. The van der Waals surface area contributed by atoms with Crippen molar-refractivity contribution in [2.24, 2.45) is 4.99 Å². The van der Waals surface area contributed by atoms with Crippen LogP contribution >= 0.6 is 15.9 Å². The number of hydrogen-bond acceptors (Lipinski definition) is 9. The van der Waals surface area contributed by atoms with E-state index in [1.165, 1.54) is 36.4 Å². The van der Waals surface area contributed by atoms with Crippen molar-refractivity contribution in [3.63, 3.8) is 0 Å². The van der Waals surface area contributed by atoms with Gasteiger partial charge in [-0.1, -0.05) is 12.1 Å². The summed E-state index contributed by atoms with van der Waals surface area (Å²) in [6.07, 6.45) is 0. The van der Waals surface area contributed by atoms with Gasteiger partial charge in [-0.15, -0.1) is 0 Å². The smallest absolute Gasteiger partial charge is 0.310 e. The Kier molecular flexibility index (Phi) is 6.84. The zero-order valence-electron chi connectivity index (χ0n) is 15.3. The number of nitro groups is 1. The van der Waals surface area contributed by atoms with E-state index in [9.17, 15) is 24.5 Å². The van der Waals surface area contributed by atoms with Gasteiger partial charge in [0.25, 0.3) is 5.91 Å². The predicted octanol–water partition coefficient (Wildman–Crippen LogP) is 2.95. The first-order chi connectivity index (χ1) is 14.9. The largest absolute Gasteiger partial charge is 0.477 e. The lowest BCUT2D eigenvalue weighted by Crippen LogP contribution is -2.25. The molecule has 0 atom stereocenters. The van der Waals surface area contributed by atoms with Gasteiger partial charge in [-0.25, -0.2) is 14.0 Å². The van der Waals surface area contributed by atoms with Crippen molar-refractivity contribution in [3.05, 3.63) is 68.6 Å². The maximum Gasteiger partial charge on any atom is 0.310 e. The molecule has 1 aromatic heterocycles. The second-order valence-electron chi connectivity index (χ2n) is 5.69. The lowest BCUT2D eigenvalue weighted by Gasteiger charge is -2.07. The highest BCUT2D eigenvalue weighted by Gasteiger charge is 2.20. The summed E-state index contributed by atoms with van der Waals surface area (Å²) in [5.41, 5.74) is 1.57. The van der Waals surface area contributed by atoms with Crippen LogP contribution in [0.25, 0.3) is 0 Å². The van der Waals surface area contributed by atoms with Crippen molar-refractivity contribution in [2.75, 3.05) is 11.9 Å². The number of halogens is 2. The summed E-state index contributed by atoms with van der Waals surface area (Å²) in [4.78, 5) is 26.6. The van der Waals surface area contributed by atoms with Crippen LogP contribution in [0.5, 0.6) is 5.75 Å². The molecule has 0 aliphatic heterocycles. The van der Waals surface area contributed by atoms with E-state index in [1.54, 1.807) is 5.48 Å². The minimum absolute atomic E-state index is 0.0951. The molecule has 3 N–H and O–H groups in total. The molecule has 0 saturated carbocycles. The third-order valence-corrected chi connectivity index (χ3v) is 4.25. The van der Waals surface area contributed by atoms with Gasteiger partial charge in [0, 0.05) is 6.07 Å². The van der Waals surface area contributed by atoms with Crippen LogP contribution in [0.4, 0.5) is 21.6 Å². The van der Waals surface area contributed by atoms with Crippen molar-refractivity contribution in [1.82, 2.24) is 15.8 Å². The molecule has 1 amide bonds. The first-order valence-corrected chi connectivity index (χ1v) is 9.11. The molecule has 2 aromatic carbocycles. The van der Waals surface area contributed by atoms with E-state index in [0.29, 0.717) is 0 Å². The minimum atomic E-state index is -0.739. The molecular weight excluding hydrogens is 483 g/mol. The molecule has 0 aliphatic rings. The number of anilines is 1. The standard InChI is InChI=1S/C17H12BrFN6O6/c18-10-7-9(5-6-11(10)19)20-16(22-27)15-17(24-31-23-15)21-14(26)8-30-13-4-2-1-3-12(13)25(28)29/h1-7,27H,8H2,(H,20,22)(H,21,24,26). The normalized spacial score (nSPS) is 11.1. The molecular formula is C17H12BrFN6O6. The third-order valence-electron chi connectivity index (χ3n) is 3.64. The van der Waals surface area contributed by atoms with E-state index in [0.717, 1.165) is 6.07 Å². The van der Waals surface area contributed by atoms with Crippen molar-refractivity contribution in [2.45, 2.75) is 0 Å². The Morgan fingerprint density at radius 2 is 2.10 bits per heavy atom. The molecule has 0 spiro atoms. The lowest BCUT2D eigenvalue weighted by molar-refractivity contribution is -0.385. The zero-order chi connectivity index (χ0) is 22.4. The van der Waals surface area contributed by atoms with Gasteiger partial charge in [-0.3, -0.25) is 25.6 Å². The van der Waals surface area contributed by atoms with Crippen LogP contribution in [0.3, 0.4) is 0 Å². The summed E-state index contributed by atoms with van der Waals surface area (Å²) in [6, 6.07) is 9.39. The number of nitrogens with zero attached hydrogens (tertiary/aromatic N) is 4. The van der Waals surface area contributed by atoms with E-state index in [-0.39, 0.29) is 38.9 Å². The Morgan fingerprint density at radius 3 is 2.81 bits per heavy atom. The number of amidine groups is 1. The van der Waals surface area contributed by atoms with Gasteiger partial charge >= 0.3 is 5.69 Å². The third kappa shape index (κ3) is 5.37. The van der Waals surface area contributed by atoms with Gasteiger partial charge in [-0.2, -0.15) is 0 Å². The Bertz CT molecular complexity index is 1150. The first kappa shape index (κ1) is 21.8. The van der Waals surface area contributed by atoms with E-state index >= 15 is 0 Å². The van der Waals surface area contributed by atoms with Gasteiger partial charge in [0.2, 0.25) is 5.82 Å². The van der Waals surface area contributed by atoms with Crippen molar-refractivity contribution >= 4 is 44.9 Å². The van der Waals surface area contributed by atoms with Crippen molar-refractivity contribution < 1.29 is 28.7 Å². The summed E-state index contributed by atoms with van der Waals surface area (Å²) >= 11 is 3.02. The molecule has 14 heteroatoms. The first-order valence-electron chi connectivity index (χ1n) is 8.32.